The van der Waals surface area contributed by atoms with E-state index in [-0.39, 0.29) is 0 Å². The summed E-state index contributed by atoms with van der Waals surface area (Å²) in [5.74, 6) is 2.81. The zero-order valence-corrected chi connectivity index (χ0v) is 13.6. The molecule has 2 aromatic heterocycles. The van der Waals surface area contributed by atoms with Crippen LogP contribution in [0.5, 0.6) is 11.5 Å². The number of para-hydroxylation sites is 1. The molecule has 0 aliphatic rings. The largest absolute Gasteiger partial charge is 0.494 e. The monoisotopic (exact) mass is 310 g/mol. The fourth-order valence-electron chi connectivity index (χ4n) is 2.47. The van der Waals surface area contributed by atoms with Crippen molar-refractivity contribution in [2.75, 3.05) is 14.2 Å². The van der Waals surface area contributed by atoms with E-state index in [1.807, 2.05) is 48.7 Å². The van der Waals surface area contributed by atoms with Crippen LogP contribution in [0.1, 0.15) is 11.5 Å². The molecule has 3 rings (SSSR count). The van der Waals surface area contributed by atoms with Crippen LogP contribution in [-0.2, 0) is 0 Å². The Hall–Kier alpha value is -2.89. The summed E-state index contributed by atoms with van der Waals surface area (Å²) in [5, 5.41) is 8.52. The van der Waals surface area contributed by atoms with Crippen molar-refractivity contribution < 1.29 is 9.47 Å². The van der Waals surface area contributed by atoms with Gasteiger partial charge >= 0.3 is 0 Å². The van der Waals surface area contributed by atoms with Crippen molar-refractivity contribution in [3.63, 3.8) is 0 Å². The Morgan fingerprint density at radius 2 is 1.61 bits per heavy atom. The molecular formula is C17H18N4O2. The first kappa shape index (κ1) is 15.0. The molecule has 0 saturated heterocycles. The molecule has 6 nitrogen and oxygen atoms in total. The molecule has 1 aromatic carbocycles. The summed E-state index contributed by atoms with van der Waals surface area (Å²) in [4.78, 5) is 4.34. The van der Waals surface area contributed by atoms with Gasteiger partial charge in [-0.25, -0.2) is 0 Å². The van der Waals surface area contributed by atoms with Gasteiger partial charge in [-0.1, -0.05) is 6.07 Å². The molecular weight excluding hydrogens is 292 g/mol. The molecule has 0 aliphatic carbocycles. The van der Waals surface area contributed by atoms with Gasteiger partial charge in [0, 0.05) is 17.5 Å². The van der Waals surface area contributed by atoms with Gasteiger partial charge in [-0.15, -0.1) is 10.2 Å². The van der Waals surface area contributed by atoms with Gasteiger partial charge in [0.1, 0.15) is 23.0 Å². The smallest absolute Gasteiger partial charge is 0.170 e. The number of benzene rings is 1. The average molecular weight is 310 g/mol. The van der Waals surface area contributed by atoms with Gasteiger partial charge in [0.15, 0.2) is 5.82 Å². The minimum atomic E-state index is 0.688. The fourth-order valence-corrected chi connectivity index (χ4v) is 2.47. The minimum Gasteiger partial charge on any atom is -0.494 e. The first-order chi connectivity index (χ1) is 11.2. The van der Waals surface area contributed by atoms with E-state index in [1.165, 1.54) is 0 Å². The van der Waals surface area contributed by atoms with Crippen LogP contribution in [0.3, 0.4) is 0 Å². The van der Waals surface area contributed by atoms with Crippen molar-refractivity contribution in [2.24, 2.45) is 0 Å². The van der Waals surface area contributed by atoms with Gasteiger partial charge in [-0.05, 0) is 38.1 Å². The third-order valence-electron chi connectivity index (χ3n) is 3.62. The summed E-state index contributed by atoms with van der Waals surface area (Å²) < 4.78 is 12.9. The highest BCUT2D eigenvalue weighted by Gasteiger charge is 2.20. The standard InChI is InChI=1S/C17H18N4O2/c1-11-8-9-13(10-18-11)17-20-19-12(2)21(17)16-14(22-3)6-5-7-15(16)23-4/h5-10H,1-4H3. The third-order valence-corrected chi connectivity index (χ3v) is 3.62. The van der Waals surface area contributed by atoms with E-state index in [2.05, 4.69) is 15.2 Å². The highest BCUT2D eigenvalue weighted by molar-refractivity contribution is 5.64. The number of methoxy groups -OCH3 is 2. The predicted octanol–water partition coefficient (Wildman–Crippen LogP) is 2.96. The molecule has 6 heteroatoms. The normalized spacial score (nSPS) is 10.6. The SMILES string of the molecule is COc1cccc(OC)c1-n1c(C)nnc1-c1ccc(C)nc1. The van der Waals surface area contributed by atoms with Crippen LogP contribution >= 0.6 is 0 Å². The van der Waals surface area contributed by atoms with Crippen molar-refractivity contribution in [3.8, 4) is 28.6 Å². The molecule has 0 amide bonds. The van der Waals surface area contributed by atoms with Crippen molar-refractivity contribution in [1.82, 2.24) is 19.7 Å². The van der Waals surface area contributed by atoms with E-state index in [0.29, 0.717) is 17.3 Å². The topological polar surface area (TPSA) is 62.1 Å². The van der Waals surface area contributed by atoms with Crippen LogP contribution in [0.4, 0.5) is 0 Å². The Morgan fingerprint density at radius 3 is 2.17 bits per heavy atom. The van der Waals surface area contributed by atoms with Crippen LogP contribution in [0, 0.1) is 13.8 Å². The van der Waals surface area contributed by atoms with Crippen LogP contribution in [-0.4, -0.2) is 34.0 Å². The number of hydrogen-bond donors (Lipinski definition) is 0. The summed E-state index contributed by atoms with van der Waals surface area (Å²) >= 11 is 0. The molecule has 0 unspecified atom stereocenters. The second-order valence-corrected chi connectivity index (χ2v) is 5.11. The number of nitrogens with zero attached hydrogens (tertiary/aromatic N) is 4. The summed E-state index contributed by atoms with van der Waals surface area (Å²) in [6.45, 7) is 3.84. The Labute approximate surface area is 134 Å². The quantitative estimate of drug-likeness (QED) is 0.741. The lowest BCUT2D eigenvalue weighted by molar-refractivity contribution is 0.391. The zero-order valence-electron chi connectivity index (χ0n) is 13.6. The lowest BCUT2D eigenvalue weighted by Gasteiger charge is -2.16. The van der Waals surface area contributed by atoms with E-state index in [0.717, 1.165) is 22.8 Å². The van der Waals surface area contributed by atoms with Crippen LogP contribution in [0.15, 0.2) is 36.5 Å². The number of aryl methyl sites for hydroxylation is 2. The number of rotatable bonds is 4. The molecule has 0 radical (unpaired) electrons. The number of pyridine rings is 1. The maximum atomic E-state index is 5.50. The fraction of sp³-hybridized carbons (Fsp3) is 0.235. The first-order valence-electron chi connectivity index (χ1n) is 7.22. The molecule has 2 heterocycles. The lowest BCUT2D eigenvalue weighted by Crippen LogP contribution is -2.05. The molecule has 0 spiro atoms. The summed E-state index contributed by atoms with van der Waals surface area (Å²) in [6.07, 6.45) is 1.79. The highest BCUT2D eigenvalue weighted by Crippen LogP contribution is 2.35. The van der Waals surface area contributed by atoms with E-state index in [9.17, 15) is 0 Å². The van der Waals surface area contributed by atoms with Gasteiger partial charge in [0.05, 0.1) is 14.2 Å². The summed E-state index contributed by atoms with van der Waals surface area (Å²) in [7, 11) is 3.26. The Morgan fingerprint density at radius 1 is 0.913 bits per heavy atom. The van der Waals surface area contributed by atoms with E-state index in [1.54, 1.807) is 20.4 Å². The van der Waals surface area contributed by atoms with Crippen molar-refractivity contribution in [1.29, 1.82) is 0 Å². The maximum Gasteiger partial charge on any atom is 0.170 e. The molecule has 0 atom stereocenters. The van der Waals surface area contributed by atoms with Gasteiger partial charge < -0.3 is 9.47 Å². The highest BCUT2D eigenvalue weighted by atomic mass is 16.5. The molecule has 118 valence electrons. The van der Waals surface area contributed by atoms with Crippen LogP contribution in [0.25, 0.3) is 17.1 Å². The van der Waals surface area contributed by atoms with Crippen molar-refractivity contribution in [3.05, 3.63) is 48.0 Å². The Balaban J connectivity index is 2.26. The molecule has 3 aromatic rings. The minimum absolute atomic E-state index is 0.688. The third kappa shape index (κ3) is 2.63. The van der Waals surface area contributed by atoms with Gasteiger partial charge in [-0.3, -0.25) is 9.55 Å². The van der Waals surface area contributed by atoms with Crippen molar-refractivity contribution >= 4 is 0 Å². The maximum absolute atomic E-state index is 5.50. The van der Waals surface area contributed by atoms with Crippen LogP contribution in [0.2, 0.25) is 0 Å². The van der Waals surface area contributed by atoms with Crippen LogP contribution < -0.4 is 9.47 Å². The first-order valence-corrected chi connectivity index (χ1v) is 7.22. The second-order valence-electron chi connectivity index (χ2n) is 5.11. The number of hydrogen-bond acceptors (Lipinski definition) is 5. The molecule has 0 aliphatic heterocycles. The summed E-state index contributed by atoms with van der Waals surface area (Å²) in [5.41, 5.74) is 2.60. The molecule has 0 N–H and O–H groups in total. The average Bonchev–Trinajstić information content (AvgIpc) is 2.96. The van der Waals surface area contributed by atoms with Crippen molar-refractivity contribution in [2.45, 2.75) is 13.8 Å². The van der Waals surface area contributed by atoms with Gasteiger partial charge in [0.25, 0.3) is 0 Å². The predicted molar refractivity (Wildman–Crippen MR) is 87.2 cm³/mol. The molecule has 0 fully saturated rings. The van der Waals surface area contributed by atoms with E-state index < -0.39 is 0 Å². The molecule has 0 bridgehead atoms. The van der Waals surface area contributed by atoms with Gasteiger partial charge in [0.2, 0.25) is 0 Å². The zero-order chi connectivity index (χ0) is 16.4. The second kappa shape index (κ2) is 6.08. The number of aromatic nitrogens is 4. The van der Waals surface area contributed by atoms with Gasteiger partial charge in [-0.2, -0.15) is 0 Å². The van der Waals surface area contributed by atoms with E-state index >= 15 is 0 Å². The molecule has 0 saturated carbocycles. The Bertz CT molecular complexity index is 803. The summed E-state index contributed by atoms with van der Waals surface area (Å²) in [6, 6.07) is 9.57. The Kier molecular flexibility index (Phi) is 3.97. The molecule has 23 heavy (non-hydrogen) atoms. The van der Waals surface area contributed by atoms with E-state index in [4.69, 9.17) is 9.47 Å². The lowest BCUT2D eigenvalue weighted by atomic mass is 10.2. The number of ether oxygens (including phenoxy) is 2.